The summed E-state index contributed by atoms with van der Waals surface area (Å²) in [6.45, 7) is 5.07. The first-order chi connectivity index (χ1) is 19.1. The molecule has 2 fully saturated rings. The van der Waals surface area contributed by atoms with Crippen LogP contribution in [0.3, 0.4) is 0 Å². The molecule has 0 bridgehead atoms. The lowest BCUT2D eigenvalue weighted by Crippen LogP contribution is -2.38. The zero-order valence-electron chi connectivity index (χ0n) is 22.7. The van der Waals surface area contributed by atoms with Crippen molar-refractivity contribution in [2.75, 3.05) is 36.9 Å². The van der Waals surface area contributed by atoms with Crippen molar-refractivity contribution >= 4 is 17.7 Å². The van der Waals surface area contributed by atoms with Crippen LogP contribution in [0.1, 0.15) is 43.7 Å². The summed E-state index contributed by atoms with van der Waals surface area (Å²) in [7, 11) is 1.90. The molecule has 2 aliphatic rings. The largest absolute Gasteiger partial charge is 0.489 e. The number of alkyl halides is 2. The van der Waals surface area contributed by atoms with Gasteiger partial charge in [-0.05, 0) is 38.7 Å². The summed E-state index contributed by atoms with van der Waals surface area (Å²) >= 11 is 0. The fourth-order valence-corrected chi connectivity index (χ4v) is 4.39. The average molecular weight is 558 g/mol. The van der Waals surface area contributed by atoms with E-state index in [1.165, 1.54) is 0 Å². The summed E-state index contributed by atoms with van der Waals surface area (Å²) in [6.07, 6.45) is 6.60. The number of halogens is 2. The van der Waals surface area contributed by atoms with Gasteiger partial charge in [-0.2, -0.15) is 15.0 Å². The summed E-state index contributed by atoms with van der Waals surface area (Å²) < 4.78 is 40.0. The van der Waals surface area contributed by atoms with Gasteiger partial charge in [0.05, 0.1) is 24.5 Å². The lowest BCUT2D eigenvalue weighted by Gasteiger charge is -2.32. The maximum absolute atomic E-state index is 13.3. The van der Waals surface area contributed by atoms with E-state index in [4.69, 9.17) is 15.2 Å². The SMILES string of the molecule is CC(C)NC(=O)c1nc(OC[C@@H]2CC2(F)F)nc(N2CCC(COc3cc(-c4cn(C)cn4)cnc3N)CC2)n1. The lowest BCUT2D eigenvalue weighted by atomic mass is 9.98. The first-order valence-corrected chi connectivity index (χ1v) is 13.3. The predicted molar refractivity (Wildman–Crippen MR) is 142 cm³/mol. The number of carbonyl (C=O) groups is 1. The van der Waals surface area contributed by atoms with Gasteiger partial charge in [0.15, 0.2) is 11.6 Å². The van der Waals surface area contributed by atoms with Gasteiger partial charge >= 0.3 is 6.01 Å². The molecule has 12 nitrogen and oxygen atoms in total. The predicted octanol–water partition coefficient (Wildman–Crippen LogP) is 2.72. The zero-order valence-corrected chi connectivity index (χ0v) is 22.7. The molecule has 1 saturated carbocycles. The number of nitrogen functional groups attached to an aromatic ring is 1. The van der Waals surface area contributed by atoms with Crippen molar-refractivity contribution in [1.82, 2.24) is 34.8 Å². The molecule has 14 heteroatoms. The minimum Gasteiger partial charge on any atom is -0.489 e. The molecule has 0 aromatic carbocycles. The summed E-state index contributed by atoms with van der Waals surface area (Å²) in [5.74, 6) is -2.86. The highest BCUT2D eigenvalue weighted by atomic mass is 19.3. The van der Waals surface area contributed by atoms with E-state index >= 15 is 0 Å². The van der Waals surface area contributed by atoms with Gasteiger partial charge in [-0.3, -0.25) is 4.79 Å². The van der Waals surface area contributed by atoms with Crippen LogP contribution in [0.5, 0.6) is 11.8 Å². The van der Waals surface area contributed by atoms with Crippen LogP contribution in [0, 0.1) is 11.8 Å². The van der Waals surface area contributed by atoms with E-state index in [2.05, 4.69) is 30.2 Å². The fraction of sp³-hybridized carbons (Fsp3) is 0.538. The highest BCUT2D eigenvalue weighted by Crippen LogP contribution is 2.48. The molecular weight excluding hydrogens is 524 g/mol. The number of imidazole rings is 1. The Morgan fingerprint density at radius 2 is 1.93 bits per heavy atom. The summed E-state index contributed by atoms with van der Waals surface area (Å²) in [5, 5.41) is 2.74. The van der Waals surface area contributed by atoms with E-state index < -0.39 is 17.7 Å². The van der Waals surface area contributed by atoms with E-state index in [9.17, 15) is 13.6 Å². The minimum absolute atomic E-state index is 0.113. The molecule has 3 N–H and O–H groups in total. The van der Waals surface area contributed by atoms with Crippen molar-refractivity contribution in [3.05, 3.63) is 30.6 Å². The van der Waals surface area contributed by atoms with Gasteiger partial charge in [0.25, 0.3) is 11.8 Å². The van der Waals surface area contributed by atoms with Crippen molar-refractivity contribution in [1.29, 1.82) is 0 Å². The Hall–Kier alpha value is -4.10. The lowest BCUT2D eigenvalue weighted by molar-refractivity contribution is 0.0835. The van der Waals surface area contributed by atoms with Gasteiger partial charge in [-0.1, -0.05) is 0 Å². The molecule has 1 aliphatic carbocycles. The Bertz CT molecular complexity index is 1360. The van der Waals surface area contributed by atoms with Crippen molar-refractivity contribution in [2.24, 2.45) is 18.9 Å². The highest BCUT2D eigenvalue weighted by molar-refractivity contribution is 5.90. The topological polar surface area (TPSA) is 146 Å². The van der Waals surface area contributed by atoms with Gasteiger partial charge in [0, 0.05) is 50.6 Å². The van der Waals surface area contributed by atoms with Crippen molar-refractivity contribution in [3.8, 4) is 23.0 Å². The zero-order chi connectivity index (χ0) is 28.4. The number of rotatable bonds is 10. The molecule has 1 aliphatic heterocycles. The second-order valence-corrected chi connectivity index (χ2v) is 10.6. The maximum Gasteiger partial charge on any atom is 0.321 e. The Balaban J connectivity index is 1.21. The molecule has 1 atom stereocenters. The highest BCUT2D eigenvalue weighted by Gasteiger charge is 2.57. The quantitative estimate of drug-likeness (QED) is 0.381. The smallest absolute Gasteiger partial charge is 0.321 e. The van der Waals surface area contributed by atoms with Crippen LogP contribution >= 0.6 is 0 Å². The molecule has 0 radical (unpaired) electrons. The van der Waals surface area contributed by atoms with E-state index in [0.717, 1.165) is 24.1 Å². The summed E-state index contributed by atoms with van der Waals surface area (Å²) in [6, 6.07) is 1.57. The first kappa shape index (κ1) is 27.5. The average Bonchev–Trinajstić information content (AvgIpc) is 3.30. The monoisotopic (exact) mass is 557 g/mol. The van der Waals surface area contributed by atoms with Crippen LogP contribution in [0.15, 0.2) is 24.8 Å². The first-order valence-electron chi connectivity index (χ1n) is 13.3. The number of amides is 1. The molecule has 1 saturated heterocycles. The number of hydrogen-bond donors (Lipinski definition) is 2. The number of piperidine rings is 1. The van der Waals surface area contributed by atoms with E-state index in [-0.39, 0.29) is 42.8 Å². The van der Waals surface area contributed by atoms with Gasteiger partial charge in [-0.15, -0.1) is 0 Å². The molecule has 214 valence electrons. The number of nitrogens with two attached hydrogens (primary N) is 1. The van der Waals surface area contributed by atoms with Crippen molar-refractivity contribution in [3.63, 3.8) is 0 Å². The number of ether oxygens (including phenoxy) is 2. The molecular formula is C26H33F2N9O3. The summed E-state index contributed by atoms with van der Waals surface area (Å²) in [5.41, 5.74) is 7.65. The number of aromatic nitrogens is 6. The van der Waals surface area contributed by atoms with Gasteiger partial charge in [0.2, 0.25) is 11.8 Å². The number of aryl methyl sites for hydroxylation is 1. The van der Waals surface area contributed by atoms with Crippen LogP contribution in [0.25, 0.3) is 11.3 Å². The number of pyridine rings is 1. The van der Waals surface area contributed by atoms with Gasteiger partial charge < -0.3 is 30.0 Å². The minimum atomic E-state index is -2.72. The second kappa shape index (κ2) is 11.2. The van der Waals surface area contributed by atoms with E-state index in [0.29, 0.717) is 31.3 Å². The molecule has 5 rings (SSSR count). The molecule has 1 amide bonds. The number of nitrogens with one attached hydrogen (secondary N) is 1. The molecule has 40 heavy (non-hydrogen) atoms. The van der Waals surface area contributed by atoms with E-state index in [1.54, 1.807) is 12.5 Å². The molecule has 3 aromatic rings. The third-order valence-electron chi connectivity index (χ3n) is 6.85. The normalized spacial score (nSPS) is 18.6. The van der Waals surface area contributed by atoms with Gasteiger partial charge in [-0.25, -0.2) is 18.7 Å². The summed E-state index contributed by atoms with van der Waals surface area (Å²) in [4.78, 5) is 35.9. The number of nitrogens with zero attached hydrogens (tertiary/aromatic N) is 7. The third kappa shape index (κ3) is 6.54. The molecule has 0 unspecified atom stereocenters. The Morgan fingerprint density at radius 1 is 1.18 bits per heavy atom. The van der Waals surface area contributed by atoms with Crippen LogP contribution in [0.2, 0.25) is 0 Å². The van der Waals surface area contributed by atoms with E-state index in [1.807, 2.05) is 42.6 Å². The molecule has 4 heterocycles. The third-order valence-corrected chi connectivity index (χ3v) is 6.85. The Labute approximate surface area is 230 Å². The molecule has 0 spiro atoms. The maximum atomic E-state index is 13.3. The second-order valence-electron chi connectivity index (χ2n) is 10.6. The fourth-order valence-electron chi connectivity index (χ4n) is 4.39. The van der Waals surface area contributed by atoms with Crippen LogP contribution in [-0.4, -0.2) is 73.7 Å². The van der Waals surface area contributed by atoms with Crippen molar-refractivity contribution < 1.29 is 23.0 Å². The molecule has 3 aromatic heterocycles. The number of anilines is 2. The Kier molecular flexibility index (Phi) is 7.68. The standard InChI is InChI=1S/C26H33F2N9O3/c1-15(2)32-23(38)22-33-24(35-25(34-22)40-13-18-9-26(18,27)28)37-6-4-16(5-7-37)12-39-20-8-17(10-30-21(20)29)19-11-36(3)14-31-19/h8,10-11,14-16,18H,4-7,9,12-13H2,1-3H3,(H2,29,30)(H,32,38)/t18-/m0/s1. The number of hydrogen-bond acceptors (Lipinski definition) is 10. The number of carbonyl (C=O) groups excluding carboxylic acids is 1. The van der Waals surface area contributed by atoms with Crippen LogP contribution in [-0.2, 0) is 7.05 Å². The van der Waals surface area contributed by atoms with Crippen LogP contribution < -0.4 is 25.4 Å². The van der Waals surface area contributed by atoms with Crippen LogP contribution in [0.4, 0.5) is 20.5 Å². The van der Waals surface area contributed by atoms with Gasteiger partial charge in [0.1, 0.15) is 6.61 Å². The van der Waals surface area contributed by atoms with Crippen molar-refractivity contribution in [2.45, 2.75) is 45.1 Å². The Morgan fingerprint density at radius 3 is 2.58 bits per heavy atom.